The maximum Gasteiger partial charge on any atom is 0.237 e. The maximum absolute atomic E-state index is 13.0. The lowest BCUT2D eigenvalue weighted by Gasteiger charge is -2.35. The van der Waals surface area contributed by atoms with E-state index < -0.39 is 0 Å². The molecule has 2 rings (SSSR count). The quantitative estimate of drug-likeness (QED) is 0.791. The molecule has 1 aromatic rings. The second kappa shape index (κ2) is 8.44. The Hall–Kier alpha value is -1.42. The Morgan fingerprint density at radius 2 is 1.83 bits per heavy atom. The van der Waals surface area contributed by atoms with Crippen molar-refractivity contribution in [3.8, 4) is 0 Å². The first-order valence-corrected chi connectivity index (χ1v) is 8.78. The van der Waals surface area contributed by atoms with E-state index in [1.54, 1.807) is 17.0 Å². The summed E-state index contributed by atoms with van der Waals surface area (Å²) in [6, 6.07) is 6.90. The molecular formula is C19H29FN2O. The van der Waals surface area contributed by atoms with Crippen molar-refractivity contribution in [2.24, 2.45) is 0 Å². The van der Waals surface area contributed by atoms with Gasteiger partial charge in [0.1, 0.15) is 5.82 Å². The zero-order valence-corrected chi connectivity index (χ0v) is 14.6. The first kappa shape index (κ1) is 17.9. The van der Waals surface area contributed by atoms with Gasteiger partial charge in [0.05, 0.1) is 12.6 Å². The molecule has 3 nitrogen and oxygen atoms in total. The molecule has 1 aromatic carbocycles. The van der Waals surface area contributed by atoms with Crippen LogP contribution in [-0.4, -0.2) is 41.9 Å². The molecule has 1 aliphatic carbocycles. The van der Waals surface area contributed by atoms with Gasteiger partial charge < -0.3 is 4.90 Å². The van der Waals surface area contributed by atoms with Gasteiger partial charge in [-0.05, 0) is 44.0 Å². The number of likely N-dealkylation sites (N-methyl/N-ethyl adjacent to an activating group) is 2. The van der Waals surface area contributed by atoms with Crippen LogP contribution in [0.3, 0.4) is 0 Å². The Balaban J connectivity index is 1.96. The van der Waals surface area contributed by atoms with Crippen molar-refractivity contribution >= 4 is 5.91 Å². The Morgan fingerprint density at radius 1 is 1.22 bits per heavy atom. The number of hydrogen-bond donors (Lipinski definition) is 0. The van der Waals surface area contributed by atoms with E-state index in [2.05, 4.69) is 11.8 Å². The molecule has 1 amide bonds. The zero-order valence-electron chi connectivity index (χ0n) is 14.6. The number of benzene rings is 1. The molecule has 0 N–H and O–H groups in total. The van der Waals surface area contributed by atoms with E-state index in [0.29, 0.717) is 12.6 Å². The van der Waals surface area contributed by atoms with Crippen LogP contribution in [0.15, 0.2) is 24.3 Å². The summed E-state index contributed by atoms with van der Waals surface area (Å²) in [7, 11) is 1.84. The Bertz CT molecular complexity index is 497. The summed E-state index contributed by atoms with van der Waals surface area (Å²) in [6.07, 6.45) is 6.29. The third kappa shape index (κ3) is 4.77. The molecule has 1 saturated carbocycles. The zero-order chi connectivity index (χ0) is 16.8. The predicted molar refractivity (Wildman–Crippen MR) is 91.7 cm³/mol. The summed E-state index contributed by atoms with van der Waals surface area (Å²) < 4.78 is 13.0. The van der Waals surface area contributed by atoms with Crippen LogP contribution in [0.5, 0.6) is 0 Å². The van der Waals surface area contributed by atoms with E-state index in [9.17, 15) is 9.18 Å². The second-order valence-electron chi connectivity index (χ2n) is 6.59. The van der Waals surface area contributed by atoms with Gasteiger partial charge in [-0.15, -0.1) is 0 Å². The Kier molecular flexibility index (Phi) is 6.58. The van der Waals surface area contributed by atoms with E-state index in [0.717, 1.165) is 12.1 Å². The lowest BCUT2D eigenvalue weighted by molar-refractivity contribution is -0.133. The lowest BCUT2D eigenvalue weighted by atomic mass is 9.94. The topological polar surface area (TPSA) is 23.6 Å². The molecule has 0 saturated heterocycles. The van der Waals surface area contributed by atoms with Crippen molar-refractivity contribution in [3.05, 3.63) is 35.6 Å². The number of hydrogen-bond acceptors (Lipinski definition) is 2. The highest BCUT2D eigenvalue weighted by atomic mass is 19.1. The minimum absolute atomic E-state index is 0.0480. The summed E-state index contributed by atoms with van der Waals surface area (Å²) in [5.41, 5.74) is 0.961. The minimum atomic E-state index is -0.246. The van der Waals surface area contributed by atoms with Crippen molar-refractivity contribution in [2.75, 3.05) is 20.1 Å². The molecule has 128 valence electrons. The van der Waals surface area contributed by atoms with Crippen molar-refractivity contribution in [1.29, 1.82) is 0 Å². The molecular weight excluding hydrogens is 291 g/mol. The highest BCUT2D eigenvalue weighted by molar-refractivity contribution is 5.78. The molecule has 4 heteroatoms. The fraction of sp³-hybridized carbons (Fsp3) is 0.632. The molecule has 1 aliphatic rings. The number of halogens is 1. The van der Waals surface area contributed by atoms with Gasteiger partial charge >= 0.3 is 0 Å². The van der Waals surface area contributed by atoms with Gasteiger partial charge in [-0.1, -0.05) is 38.3 Å². The van der Waals surface area contributed by atoms with Crippen molar-refractivity contribution in [2.45, 2.75) is 58.0 Å². The standard InChI is InChI=1S/C19H29FN2O/c1-4-22(18-8-6-5-7-9-18)14-19(23)21(3)15(2)16-10-12-17(20)13-11-16/h10-13,15,18H,4-9,14H2,1-3H3. The van der Waals surface area contributed by atoms with Crippen molar-refractivity contribution < 1.29 is 9.18 Å². The molecule has 23 heavy (non-hydrogen) atoms. The van der Waals surface area contributed by atoms with Gasteiger partial charge in [-0.25, -0.2) is 4.39 Å². The summed E-state index contributed by atoms with van der Waals surface area (Å²) in [5, 5.41) is 0. The fourth-order valence-electron chi connectivity index (χ4n) is 3.41. The summed E-state index contributed by atoms with van der Waals surface area (Å²) in [5.74, 6) is -0.112. The molecule has 0 aromatic heterocycles. The molecule has 1 unspecified atom stereocenters. The van der Waals surface area contributed by atoms with Gasteiger partial charge in [0.15, 0.2) is 0 Å². The van der Waals surface area contributed by atoms with E-state index >= 15 is 0 Å². The monoisotopic (exact) mass is 320 g/mol. The number of carbonyl (C=O) groups excluding carboxylic acids is 1. The number of amides is 1. The lowest BCUT2D eigenvalue weighted by Crippen LogP contribution is -2.44. The first-order chi connectivity index (χ1) is 11.0. The highest BCUT2D eigenvalue weighted by Gasteiger charge is 2.24. The van der Waals surface area contributed by atoms with E-state index in [4.69, 9.17) is 0 Å². The molecule has 0 heterocycles. The summed E-state index contributed by atoms with van der Waals surface area (Å²) in [4.78, 5) is 16.7. The fourth-order valence-corrected chi connectivity index (χ4v) is 3.41. The third-order valence-corrected chi connectivity index (χ3v) is 5.16. The number of rotatable bonds is 6. The van der Waals surface area contributed by atoms with Crippen LogP contribution in [0.4, 0.5) is 4.39 Å². The van der Waals surface area contributed by atoms with Crippen LogP contribution < -0.4 is 0 Å². The summed E-state index contributed by atoms with van der Waals surface area (Å²) in [6.45, 7) is 5.51. The van der Waals surface area contributed by atoms with E-state index in [-0.39, 0.29) is 17.8 Å². The van der Waals surface area contributed by atoms with Gasteiger partial charge in [-0.3, -0.25) is 9.69 Å². The largest absolute Gasteiger partial charge is 0.338 e. The third-order valence-electron chi connectivity index (χ3n) is 5.16. The van der Waals surface area contributed by atoms with E-state index in [1.807, 2.05) is 14.0 Å². The van der Waals surface area contributed by atoms with Crippen LogP contribution in [0.25, 0.3) is 0 Å². The van der Waals surface area contributed by atoms with E-state index in [1.165, 1.54) is 44.2 Å². The van der Waals surface area contributed by atoms with Crippen LogP contribution in [0.2, 0.25) is 0 Å². The molecule has 0 aliphatic heterocycles. The average Bonchev–Trinajstić information content (AvgIpc) is 2.59. The highest BCUT2D eigenvalue weighted by Crippen LogP contribution is 2.23. The van der Waals surface area contributed by atoms with Crippen molar-refractivity contribution in [1.82, 2.24) is 9.80 Å². The molecule has 1 fully saturated rings. The normalized spacial score (nSPS) is 17.3. The second-order valence-corrected chi connectivity index (χ2v) is 6.59. The average molecular weight is 320 g/mol. The van der Waals surface area contributed by atoms with Gasteiger partial charge in [0.2, 0.25) is 5.91 Å². The SMILES string of the molecule is CCN(CC(=O)N(C)C(C)c1ccc(F)cc1)C1CCCCC1. The minimum Gasteiger partial charge on any atom is -0.338 e. The van der Waals surface area contributed by atoms with Crippen molar-refractivity contribution in [3.63, 3.8) is 0 Å². The van der Waals surface area contributed by atoms with Gasteiger partial charge in [-0.2, -0.15) is 0 Å². The van der Waals surface area contributed by atoms with Crippen LogP contribution in [0.1, 0.15) is 57.6 Å². The van der Waals surface area contributed by atoms with Crippen LogP contribution in [-0.2, 0) is 4.79 Å². The Labute approximate surface area is 139 Å². The molecule has 0 radical (unpaired) electrons. The van der Waals surface area contributed by atoms with Crippen LogP contribution >= 0.6 is 0 Å². The number of carbonyl (C=O) groups is 1. The van der Waals surface area contributed by atoms with Crippen LogP contribution in [0, 0.1) is 5.82 Å². The first-order valence-electron chi connectivity index (χ1n) is 8.78. The summed E-state index contributed by atoms with van der Waals surface area (Å²) >= 11 is 0. The molecule has 0 spiro atoms. The molecule has 1 atom stereocenters. The Morgan fingerprint density at radius 3 is 2.39 bits per heavy atom. The molecule has 0 bridgehead atoms. The van der Waals surface area contributed by atoms with Gasteiger partial charge in [0.25, 0.3) is 0 Å². The van der Waals surface area contributed by atoms with Gasteiger partial charge in [0, 0.05) is 13.1 Å². The maximum atomic E-state index is 13.0. The number of nitrogens with zero attached hydrogens (tertiary/aromatic N) is 2. The predicted octanol–water partition coefficient (Wildman–Crippen LogP) is 4.00. The smallest absolute Gasteiger partial charge is 0.237 e.